The molecule has 166 valence electrons. The second-order valence-electron chi connectivity index (χ2n) is 7.67. The maximum absolute atomic E-state index is 12.4. The molecule has 1 aromatic heterocycles. The number of carbonyl (C=O) groups excluding carboxylic acids is 1. The average Bonchev–Trinajstić information content (AvgIpc) is 2.81. The van der Waals surface area contributed by atoms with Crippen LogP contribution in [0.5, 0.6) is 11.5 Å². The van der Waals surface area contributed by atoms with Crippen molar-refractivity contribution in [2.45, 2.75) is 6.92 Å². The van der Waals surface area contributed by atoms with Gasteiger partial charge in [-0.3, -0.25) is 4.90 Å². The highest BCUT2D eigenvalue weighted by molar-refractivity contribution is 5.90. The quantitative estimate of drug-likeness (QED) is 0.595. The maximum atomic E-state index is 12.4. The number of benzene rings is 2. The van der Waals surface area contributed by atoms with Crippen molar-refractivity contribution < 1.29 is 9.53 Å². The van der Waals surface area contributed by atoms with Crippen molar-refractivity contribution >= 4 is 17.7 Å². The first kappa shape index (κ1) is 21.6. The first-order chi connectivity index (χ1) is 15.7. The van der Waals surface area contributed by atoms with Crippen molar-refractivity contribution in [1.82, 2.24) is 20.2 Å². The van der Waals surface area contributed by atoms with E-state index in [1.807, 2.05) is 61.5 Å². The molecule has 0 unspecified atom stereocenters. The molecule has 4 rings (SSSR count). The van der Waals surface area contributed by atoms with E-state index < -0.39 is 0 Å². The van der Waals surface area contributed by atoms with Gasteiger partial charge < -0.3 is 20.3 Å². The molecule has 0 spiro atoms. The number of aromatic nitrogens is 2. The monoisotopic (exact) mass is 432 g/mol. The number of aryl methyl sites for hydroxylation is 1. The first-order valence-corrected chi connectivity index (χ1v) is 10.8. The van der Waals surface area contributed by atoms with Crippen LogP contribution in [0.15, 0.2) is 67.0 Å². The van der Waals surface area contributed by atoms with Crippen molar-refractivity contribution in [3.05, 3.63) is 72.6 Å². The normalized spacial score (nSPS) is 14.1. The highest BCUT2D eigenvalue weighted by atomic mass is 16.5. The second-order valence-corrected chi connectivity index (χ2v) is 7.67. The van der Waals surface area contributed by atoms with Gasteiger partial charge in [-0.2, -0.15) is 0 Å². The van der Waals surface area contributed by atoms with Crippen LogP contribution in [0.2, 0.25) is 0 Å². The molecule has 0 bridgehead atoms. The zero-order chi connectivity index (χ0) is 22.2. The molecule has 2 heterocycles. The van der Waals surface area contributed by atoms with Crippen molar-refractivity contribution in [2.24, 2.45) is 0 Å². The van der Waals surface area contributed by atoms with Crippen molar-refractivity contribution in [3.63, 3.8) is 0 Å². The largest absolute Gasteiger partial charge is 0.455 e. The molecule has 0 aliphatic carbocycles. The molecule has 8 heteroatoms. The summed E-state index contributed by atoms with van der Waals surface area (Å²) < 4.78 is 5.97. The van der Waals surface area contributed by atoms with Gasteiger partial charge >= 0.3 is 6.03 Å². The van der Waals surface area contributed by atoms with Crippen LogP contribution in [0.4, 0.5) is 16.4 Å². The lowest BCUT2D eigenvalue weighted by Gasteiger charge is -2.34. The molecule has 1 aliphatic heterocycles. The summed E-state index contributed by atoms with van der Waals surface area (Å²) in [4.78, 5) is 25.6. The number of anilines is 2. The summed E-state index contributed by atoms with van der Waals surface area (Å²) >= 11 is 0. The van der Waals surface area contributed by atoms with E-state index in [0.29, 0.717) is 18.0 Å². The molecule has 2 amide bonds. The molecule has 8 nitrogen and oxygen atoms in total. The summed E-state index contributed by atoms with van der Waals surface area (Å²) in [6.45, 7) is 6.94. The Morgan fingerprint density at radius 1 is 1.00 bits per heavy atom. The van der Waals surface area contributed by atoms with Gasteiger partial charge in [0.05, 0.1) is 5.69 Å². The molecule has 1 saturated heterocycles. The number of urea groups is 1. The van der Waals surface area contributed by atoms with E-state index in [0.717, 1.165) is 50.0 Å². The number of ether oxygens (including phenoxy) is 1. The van der Waals surface area contributed by atoms with Crippen molar-refractivity contribution in [3.8, 4) is 11.5 Å². The highest BCUT2D eigenvalue weighted by Crippen LogP contribution is 2.29. The van der Waals surface area contributed by atoms with E-state index in [4.69, 9.17) is 4.74 Å². The minimum absolute atomic E-state index is 0.249. The van der Waals surface area contributed by atoms with Gasteiger partial charge in [-0.05, 0) is 42.8 Å². The molecule has 1 aliphatic rings. The maximum Gasteiger partial charge on any atom is 0.319 e. The Balaban J connectivity index is 1.22. The Morgan fingerprint density at radius 2 is 1.78 bits per heavy atom. The van der Waals surface area contributed by atoms with E-state index in [-0.39, 0.29) is 6.03 Å². The van der Waals surface area contributed by atoms with Gasteiger partial charge in [0.1, 0.15) is 5.75 Å². The van der Waals surface area contributed by atoms with E-state index in [2.05, 4.69) is 30.4 Å². The van der Waals surface area contributed by atoms with Crippen molar-refractivity contribution in [2.75, 3.05) is 49.5 Å². The first-order valence-electron chi connectivity index (χ1n) is 10.8. The second kappa shape index (κ2) is 10.6. The molecule has 3 aromatic rings. The van der Waals surface area contributed by atoms with Crippen molar-refractivity contribution in [1.29, 1.82) is 0 Å². The third-order valence-electron chi connectivity index (χ3n) is 5.27. The van der Waals surface area contributed by atoms with Crippen LogP contribution in [0.1, 0.15) is 5.56 Å². The van der Waals surface area contributed by atoms with Gasteiger partial charge in [-0.25, -0.2) is 14.8 Å². The van der Waals surface area contributed by atoms with E-state index >= 15 is 0 Å². The smallest absolute Gasteiger partial charge is 0.319 e. The molecular weight excluding hydrogens is 404 g/mol. The zero-order valence-electron chi connectivity index (χ0n) is 18.2. The Hall–Kier alpha value is -3.65. The standard InChI is InChI=1S/C24H28N6O2/c1-19-6-4-7-20(18-19)32-22-9-3-2-8-21(22)28-24(31)27-12-13-29-14-16-30(17-15-29)23-25-10-5-11-26-23/h2-11,18H,12-17H2,1H3,(H2,27,28,31). The van der Waals surface area contributed by atoms with E-state index in [1.165, 1.54) is 0 Å². The predicted molar refractivity (Wildman–Crippen MR) is 125 cm³/mol. The van der Waals surface area contributed by atoms with E-state index in [9.17, 15) is 4.79 Å². The Labute approximate surface area is 188 Å². The fraction of sp³-hybridized carbons (Fsp3) is 0.292. The van der Waals surface area contributed by atoms with E-state index in [1.54, 1.807) is 12.4 Å². The van der Waals surface area contributed by atoms with Gasteiger partial charge in [0.25, 0.3) is 0 Å². The lowest BCUT2D eigenvalue weighted by Crippen LogP contribution is -2.49. The summed E-state index contributed by atoms with van der Waals surface area (Å²) in [5.74, 6) is 2.11. The van der Waals surface area contributed by atoms with Gasteiger partial charge in [0.15, 0.2) is 5.75 Å². The number of rotatable bonds is 7. The van der Waals surface area contributed by atoms with Crippen LogP contribution in [-0.2, 0) is 0 Å². The Morgan fingerprint density at radius 3 is 2.56 bits per heavy atom. The zero-order valence-corrected chi connectivity index (χ0v) is 18.2. The number of piperazine rings is 1. The minimum atomic E-state index is -0.249. The lowest BCUT2D eigenvalue weighted by molar-refractivity contribution is 0.240. The third kappa shape index (κ3) is 5.95. The van der Waals surface area contributed by atoms with Crippen LogP contribution in [0, 0.1) is 6.92 Å². The third-order valence-corrected chi connectivity index (χ3v) is 5.27. The van der Waals surface area contributed by atoms with Crippen LogP contribution in [0.3, 0.4) is 0 Å². The van der Waals surface area contributed by atoms with Gasteiger partial charge in [-0.15, -0.1) is 0 Å². The topological polar surface area (TPSA) is 82.6 Å². The van der Waals surface area contributed by atoms with Crippen LogP contribution in [-0.4, -0.2) is 60.2 Å². The summed E-state index contributed by atoms with van der Waals surface area (Å²) in [7, 11) is 0. The summed E-state index contributed by atoms with van der Waals surface area (Å²) in [6.07, 6.45) is 3.53. The number of nitrogens with zero attached hydrogens (tertiary/aromatic N) is 4. The summed E-state index contributed by atoms with van der Waals surface area (Å²) in [5.41, 5.74) is 1.74. The Bertz CT molecular complexity index is 1020. The number of hydrogen-bond donors (Lipinski definition) is 2. The molecule has 0 radical (unpaired) electrons. The average molecular weight is 433 g/mol. The van der Waals surface area contributed by atoms with Crippen LogP contribution in [0.25, 0.3) is 0 Å². The van der Waals surface area contributed by atoms with Crippen LogP contribution >= 0.6 is 0 Å². The summed E-state index contributed by atoms with van der Waals surface area (Å²) in [6, 6.07) is 16.8. The summed E-state index contributed by atoms with van der Waals surface area (Å²) in [5, 5.41) is 5.83. The number of nitrogens with one attached hydrogen (secondary N) is 2. The lowest BCUT2D eigenvalue weighted by atomic mass is 10.2. The molecular formula is C24H28N6O2. The highest BCUT2D eigenvalue weighted by Gasteiger charge is 2.18. The molecule has 0 saturated carbocycles. The minimum Gasteiger partial charge on any atom is -0.455 e. The van der Waals surface area contributed by atoms with Crippen LogP contribution < -0.4 is 20.3 Å². The molecule has 32 heavy (non-hydrogen) atoms. The molecule has 0 atom stereocenters. The Kier molecular flexibility index (Phi) is 7.14. The molecule has 2 aromatic carbocycles. The molecule has 1 fully saturated rings. The SMILES string of the molecule is Cc1cccc(Oc2ccccc2NC(=O)NCCN2CCN(c3ncccn3)CC2)c1. The predicted octanol–water partition coefficient (Wildman–Crippen LogP) is 3.52. The number of carbonyl (C=O) groups is 1. The fourth-order valence-electron chi connectivity index (χ4n) is 3.58. The number of amides is 2. The molecule has 2 N–H and O–H groups in total. The number of hydrogen-bond acceptors (Lipinski definition) is 6. The van der Waals surface area contributed by atoms with Gasteiger partial charge in [-0.1, -0.05) is 24.3 Å². The fourth-order valence-corrected chi connectivity index (χ4v) is 3.58. The van der Waals surface area contributed by atoms with Gasteiger partial charge in [0, 0.05) is 51.7 Å². The van der Waals surface area contributed by atoms with Gasteiger partial charge in [0.2, 0.25) is 5.95 Å². The number of para-hydroxylation sites is 2.